The molecule has 1 aromatic heterocycles. The molecule has 124 valence electrons. The van der Waals surface area contributed by atoms with Gasteiger partial charge in [-0.15, -0.1) is 0 Å². The largest absolute Gasteiger partial charge is 0.394 e. The van der Waals surface area contributed by atoms with Crippen LogP contribution in [0.1, 0.15) is 35.4 Å². The minimum atomic E-state index is 0.134. The van der Waals surface area contributed by atoms with Gasteiger partial charge in [0, 0.05) is 24.3 Å². The van der Waals surface area contributed by atoms with Crippen LogP contribution in [0.2, 0.25) is 0 Å². The normalized spacial score (nSPS) is 15.8. The van der Waals surface area contributed by atoms with Gasteiger partial charge in [-0.3, -0.25) is 4.68 Å². The Balaban J connectivity index is 1.55. The van der Waals surface area contributed by atoms with Gasteiger partial charge < -0.3 is 10.4 Å². The van der Waals surface area contributed by atoms with Crippen LogP contribution in [-0.4, -0.2) is 28.0 Å². The predicted octanol–water partition coefficient (Wildman–Crippen LogP) is 2.60. The summed E-state index contributed by atoms with van der Waals surface area (Å²) in [6, 6.07) is 10.8. The van der Waals surface area contributed by atoms with Crippen molar-refractivity contribution in [2.45, 2.75) is 46.2 Å². The number of nitrogens with zero attached hydrogens (tertiary/aromatic N) is 2. The number of benzene rings is 1. The number of rotatable bonds is 8. The third-order valence-electron chi connectivity index (χ3n) is 5.02. The summed E-state index contributed by atoms with van der Waals surface area (Å²) in [4.78, 5) is 0. The molecule has 0 amide bonds. The summed E-state index contributed by atoms with van der Waals surface area (Å²) in [6.07, 6.45) is 3.80. The van der Waals surface area contributed by atoms with Crippen molar-refractivity contribution in [1.29, 1.82) is 0 Å². The van der Waals surface area contributed by atoms with E-state index in [1.807, 2.05) is 4.68 Å². The molecular formula is C19H27N3O. The molecule has 0 bridgehead atoms. The average Bonchev–Trinajstić information content (AvgIpc) is 3.25. The number of aryl methyl sites for hydroxylation is 1. The topological polar surface area (TPSA) is 50.1 Å². The molecule has 23 heavy (non-hydrogen) atoms. The quantitative estimate of drug-likeness (QED) is 0.787. The fraction of sp³-hybridized carbons (Fsp3) is 0.526. The molecule has 0 unspecified atom stereocenters. The summed E-state index contributed by atoms with van der Waals surface area (Å²) in [7, 11) is 0. The van der Waals surface area contributed by atoms with Crippen molar-refractivity contribution in [2.75, 3.05) is 13.2 Å². The molecular weight excluding hydrogens is 286 g/mol. The van der Waals surface area contributed by atoms with E-state index in [1.54, 1.807) is 0 Å². The van der Waals surface area contributed by atoms with Crippen molar-refractivity contribution in [2.24, 2.45) is 5.41 Å². The SMILES string of the molecule is Cc1nn(CCO)c(C)c1CNCC1(Cc2ccccc2)CC1. The summed E-state index contributed by atoms with van der Waals surface area (Å²) in [6.45, 7) is 6.77. The van der Waals surface area contributed by atoms with Crippen molar-refractivity contribution in [3.8, 4) is 0 Å². The van der Waals surface area contributed by atoms with Gasteiger partial charge in [0.25, 0.3) is 0 Å². The molecule has 4 heteroatoms. The summed E-state index contributed by atoms with van der Waals surface area (Å²) < 4.78 is 1.91. The van der Waals surface area contributed by atoms with Crippen molar-refractivity contribution in [3.05, 3.63) is 52.8 Å². The molecule has 1 heterocycles. The van der Waals surface area contributed by atoms with E-state index in [1.165, 1.54) is 30.4 Å². The minimum Gasteiger partial charge on any atom is -0.394 e. The number of aliphatic hydroxyl groups excluding tert-OH is 1. The molecule has 2 N–H and O–H groups in total. The Morgan fingerprint density at radius 3 is 2.61 bits per heavy atom. The highest BCUT2D eigenvalue weighted by atomic mass is 16.3. The minimum absolute atomic E-state index is 0.134. The van der Waals surface area contributed by atoms with Gasteiger partial charge >= 0.3 is 0 Å². The summed E-state index contributed by atoms with van der Waals surface area (Å²) in [5.41, 5.74) is 5.39. The van der Waals surface area contributed by atoms with Crippen molar-refractivity contribution >= 4 is 0 Å². The Kier molecular flexibility index (Phi) is 4.83. The Bertz CT molecular complexity index is 644. The van der Waals surface area contributed by atoms with Crippen molar-refractivity contribution < 1.29 is 5.11 Å². The summed E-state index contributed by atoms with van der Waals surface area (Å²) in [5, 5.41) is 17.3. The zero-order chi connectivity index (χ0) is 16.3. The van der Waals surface area contributed by atoms with E-state index < -0.39 is 0 Å². The van der Waals surface area contributed by atoms with Gasteiger partial charge in [0.1, 0.15) is 0 Å². The number of hydrogen-bond acceptors (Lipinski definition) is 3. The Morgan fingerprint density at radius 2 is 1.96 bits per heavy atom. The second-order valence-corrected chi connectivity index (χ2v) is 6.86. The fourth-order valence-electron chi connectivity index (χ4n) is 3.38. The smallest absolute Gasteiger partial charge is 0.0644 e. The molecule has 0 aliphatic heterocycles. The highest BCUT2D eigenvalue weighted by Crippen LogP contribution is 2.47. The maximum absolute atomic E-state index is 9.10. The number of hydrogen-bond donors (Lipinski definition) is 2. The Morgan fingerprint density at radius 1 is 1.22 bits per heavy atom. The lowest BCUT2D eigenvalue weighted by Gasteiger charge is -2.16. The number of aromatic nitrogens is 2. The van der Waals surface area contributed by atoms with Crippen LogP contribution in [0.15, 0.2) is 30.3 Å². The van der Waals surface area contributed by atoms with Crippen LogP contribution in [-0.2, 0) is 19.5 Å². The highest BCUT2D eigenvalue weighted by molar-refractivity contribution is 5.24. The second kappa shape index (κ2) is 6.85. The first kappa shape index (κ1) is 16.2. The van der Waals surface area contributed by atoms with E-state index in [-0.39, 0.29) is 6.61 Å². The van der Waals surface area contributed by atoms with Crippen LogP contribution in [0.4, 0.5) is 0 Å². The predicted molar refractivity (Wildman–Crippen MR) is 92.3 cm³/mol. The van der Waals surface area contributed by atoms with Crippen molar-refractivity contribution in [1.82, 2.24) is 15.1 Å². The van der Waals surface area contributed by atoms with Crippen LogP contribution < -0.4 is 5.32 Å². The molecule has 1 aromatic carbocycles. The van der Waals surface area contributed by atoms with Crippen LogP contribution in [0.3, 0.4) is 0 Å². The molecule has 0 atom stereocenters. The van der Waals surface area contributed by atoms with Gasteiger partial charge in [-0.25, -0.2) is 0 Å². The number of aliphatic hydroxyl groups is 1. The molecule has 1 fully saturated rings. The van der Waals surface area contributed by atoms with E-state index in [2.05, 4.69) is 54.6 Å². The van der Waals surface area contributed by atoms with Gasteiger partial charge in [-0.1, -0.05) is 30.3 Å². The lowest BCUT2D eigenvalue weighted by Crippen LogP contribution is -2.25. The van der Waals surface area contributed by atoms with Crippen LogP contribution in [0, 0.1) is 19.3 Å². The first-order chi connectivity index (χ1) is 11.1. The van der Waals surface area contributed by atoms with Gasteiger partial charge in [-0.05, 0) is 44.1 Å². The Labute approximate surface area is 138 Å². The summed E-state index contributed by atoms with van der Waals surface area (Å²) in [5.74, 6) is 0. The molecule has 4 nitrogen and oxygen atoms in total. The zero-order valence-electron chi connectivity index (χ0n) is 14.2. The maximum atomic E-state index is 9.10. The molecule has 2 aromatic rings. The Hall–Kier alpha value is -1.65. The monoisotopic (exact) mass is 313 g/mol. The van der Waals surface area contributed by atoms with E-state index in [9.17, 15) is 0 Å². The lowest BCUT2D eigenvalue weighted by atomic mass is 9.96. The molecule has 0 saturated heterocycles. The molecule has 1 aliphatic carbocycles. The van der Waals surface area contributed by atoms with Gasteiger partial charge in [0.05, 0.1) is 18.8 Å². The first-order valence-electron chi connectivity index (χ1n) is 8.52. The number of nitrogens with one attached hydrogen (secondary N) is 1. The van der Waals surface area contributed by atoms with E-state index in [0.717, 1.165) is 24.5 Å². The highest BCUT2D eigenvalue weighted by Gasteiger charge is 2.41. The first-order valence-corrected chi connectivity index (χ1v) is 8.52. The van der Waals surface area contributed by atoms with Crippen LogP contribution in [0.25, 0.3) is 0 Å². The molecule has 1 saturated carbocycles. The third-order valence-corrected chi connectivity index (χ3v) is 5.02. The van der Waals surface area contributed by atoms with Gasteiger partial charge in [0.2, 0.25) is 0 Å². The standard InChI is InChI=1S/C19H27N3O/c1-15-18(16(2)22(21-15)10-11-23)13-20-14-19(8-9-19)12-17-6-4-3-5-7-17/h3-7,20,23H,8-14H2,1-2H3. The van der Waals surface area contributed by atoms with Crippen LogP contribution >= 0.6 is 0 Å². The third kappa shape index (κ3) is 3.82. The molecule has 0 spiro atoms. The average molecular weight is 313 g/mol. The van der Waals surface area contributed by atoms with E-state index in [4.69, 9.17) is 5.11 Å². The lowest BCUT2D eigenvalue weighted by molar-refractivity contribution is 0.267. The van der Waals surface area contributed by atoms with E-state index in [0.29, 0.717) is 12.0 Å². The maximum Gasteiger partial charge on any atom is 0.0644 e. The molecule has 3 rings (SSSR count). The van der Waals surface area contributed by atoms with Crippen LogP contribution in [0.5, 0.6) is 0 Å². The second-order valence-electron chi connectivity index (χ2n) is 6.86. The molecule has 1 aliphatic rings. The molecule has 0 radical (unpaired) electrons. The van der Waals surface area contributed by atoms with Gasteiger partial charge in [-0.2, -0.15) is 5.10 Å². The van der Waals surface area contributed by atoms with Gasteiger partial charge in [0.15, 0.2) is 0 Å². The fourth-order valence-corrected chi connectivity index (χ4v) is 3.38. The summed E-state index contributed by atoms with van der Waals surface area (Å²) >= 11 is 0. The zero-order valence-corrected chi connectivity index (χ0v) is 14.2. The van der Waals surface area contributed by atoms with E-state index >= 15 is 0 Å². The van der Waals surface area contributed by atoms with Crippen molar-refractivity contribution in [3.63, 3.8) is 0 Å².